The molecule has 1 saturated heterocycles. The molecule has 3 unspecified atom stereocenters. The van der Waals surface area contributed by atoms with E-state index in [1.165, 1.54) is 0 Å². The SMILES string of the molecule is O=C(NC1CCC2NNCC2C1)c1cc(-c2ccncc2)nc2ccccc12. The summed E-state index contributed by atoms with van der Waals surface area (Å²) >= 11 is 0. The normalized spacial score (nSPS) is 24.1. The van der Waals surface area contributed by atoms with Crippen molar-refractivity contribution in [1.82, 2.24) is 26.1 Å². The van der Waals surface area contributed by atoms with E-state index in [4.69, 9.17) is 4.98 Å². The molecule has 1 aliphatic carbocycles. The van der Waals surface area contributed by atoms with Gasteiger partial charge in [0.1, 0.15) is 0 Å². The van der Waals surface area contributed by atoms with Crippen molar-refractivity contribution in [2.75, 3.05) is 6.54 Å². The van der Waals surface area contributed by atoms with E-state index in [0.29, 0.717) is 17.5 Å². The first-order chi connectivity index (χ1) is 13.8. The molecule has 3 aromatic rings. The van der Waals surface area contributed by atoms with Gasteiger partial charge in [-0.15, -0.1) is 0 Å². The van der Waals surface area contributed by atoms with Crippen LogP contribution in [0.3, 0.4) is 0 Å². The Bertz CT molecular complexity index is 1010. The van der Waals surface area contributed by atoms with Crippen LogP contribution in [0.1, 0.15) is 29.6 Å². The van der Waals surface area contributed by atoms with Crippen molar-refractivity contribution < 1.29 is 4.79 Å². The third-order valence-electron chi connectivity index (χ3n) is 5.91. The van der Waals surface area contributed by atoms with Gasteiger partial charge in [0.25, 0.3) is 5.91 Å². The minimum Gasteiger partial charge on any atom is -0.349 e. The molecule has 3 heterocycles. The molecule has 1 aliphatic heterocycles. The molecule has 2 fully saturated rings. The summed E-state index contributed by atoms with van der Waals surface area (Å²) in [6.45, 7) is 0.974. The second-order valence-corrected chi connectivity index (χ2v) is 7.68. The van der Waals surface area contributed by atoms with Gasteiger partial charge in [-0.3, -0.25) is 20.6 Å². The molecule has 2 aromatic heterocycles. The summed E-state index contributed by atoms with van der Waals surface area (Å²) in [5.74, 6) is 0.567. The van der Waals surface area contributed by atoms with Crippen LogP contribution in [0.5, 0.6) is 0 Å². The van der Waals surface area contributed by atoms with Gasteiger partial charge < -0.3 is 5.32 Å². The van der Waals surface area contributed by atoms with Gasteiger partial charge in [-0.05, 0) is 49.4 Å². The van der Waals surface area contributed by atoms with Crippen LogP contribution >= 0.6 is 0 Å². The van der Waals surface area contributed by atoms with Crippen LogP contribution in [0.2, 0.25) is 0 Å². The zero-order valence-corrected chi connectivity index (χ0v) is 15.6. The molecule has 1 saturated carbocycles. The summed E-state index contributed by atoms with van der Waals surface area (Å²) in [4.78, 5) is 22.1. The Morgan fingerprint density at radius 2 is 1.96 bits per heavy atom. The minimum absolute atomic E-state index is 0.0173. The lowest BCUT2D eigenvalue weighted by atomic mass is 9.83. The van der Waals surface area contributed by atoms with E-state index in [2.05, 4.69) is 21.2 Å². The summed E-state index contributed by atoms with van der Waals surface area (Å²) in [5.41, 5.74) is 9.84. The highest BCUT2D eigenvalue weighted by atomic mass is 16.1. The van der Waals surface area contributed by atoms with Gasteiger partial charge in [0.2, 0.25) is 0 Å². The summed E-state index contributed by atoms with van der Waals surface area (Å²) in [5, 5.41) is 4.17. The number of para-hydroxylation sites is 1. The number of benzene rings is 1. The predicted octanol–water partition coefficient (Wildman–Crippen LogP) is 2.67. The molecule has 142 valence electrons. The van der Waals surface area contributed by atoms with Crippen LogP contribution < -0.4 is 16.2 Å². The highest BCUT2D eigenvalue weighted by Gasteiger charge is 2.34. The quantitative estimate of drug-likeness (QED) is 0.658. The van der Waals surface area contributed by atoms with E-state index in [0.717, 1.165) is 48.0 Å². The highest BCUT2D eigenvalue weighted by molar-refractivity contribution is 6.07. The Hall–Kier alpha value is -2.83. The second-order valence-electron chi connectivity index (χ2n) is 7.68. The molecule has 0 radical (unpaired) electrons. The Balaban J connectivity index is 1.46. The van der Waals surface area contributed by atoms with Crippen molar-refractivity contribution in [3.8, 4) is 11.3 Å². The number of fused-ring (bicyclic) bond motifs is 2. The van der Waals surface area contributed by atoms with E-state index >= 15 is 0 Å². The topological polar surface area (TPSA) is 78.9 Å². The number of carbonyl (C=O) groups excluding carboxylic acids is 1. The first-order valence-corrected chi connectivity index (χ1v) is 9.87. The van der Waals surface area contributed by atoms with Gasteiger partial charge in [0.05, 0.1) is 16.8 Å². The number of hydrogen-bond acceptors (Lipinski definition) is 5. The third kappa shape index (κ3) is 3.25. The van der Waals surface area contributed by atoms with Crippen LogP contribution in [-0.4, -0.2) is 34.5 Å². The fourth-order valence-corrected chi connectivity index (χ4v) is 4.43. The summed E-state index contributed by atoms with van der Waals surface area (Å²) < 4.78 is 0. The van der Waals surface area contributed by atoms with Gasteiger partial charge in [-0.1, -0.05) is 18.2 Å². The van der Waals surface area contributed by atoms with E-state index in [1.807, 2.05) is 42.5 Å². The van der Waals surface area contributed by atoms with Gasteiger partial charge in [0.15, 0.2) is 0 Å². The lowest BCUT2D eigenvalue weighted by Crippen LogP contribution is -2.44. The van der Waals surface area contributed by atoms with Gasteiger partial charge in [-0.25, -0.2) is 4.98 Å². The molecule has 3 N–H and O–H groups in total. The molecule has 1 aromatic carbocycles. The average molecular weight is 373 g/mol. The van der Waals surface area contributed by atoms with Crippen molar-refractivity contribution in [2.45, 2.75) is 31.3 Å². The monoisotopic (exact) mass is 373 g/mol. The largest absolute Gasteiger partial charge is 0.349 e. The number of pyridine rings is 2. The number of hydrazine groups is 1. The molecular formula is C22H23N5O. The van der Waals surface area contributed by atoms with Crippen LogP contribution in [0.4, 0.5) is 0 Å². The number of nitrogens with zero attached hydrogens (tertiary/aromatic N) is 2. The summed E-state index contributed by atoms with van der Waals surface area (Å²) in [6.07, 6.45) is 6.59. The fourth-order valence-electron chi connectivity index (χ4n) is 4.43. The maximum absolute atomic E-state index is 13.2. The lowest BCUT2D eigenvalue weighted by Gasteiger charge is -2.31. The van der Waals surface area contributed by atoms with E-state index in [-0.39, 0.29) is 11.9 Å². The zero-order valence-electron chi connectivity index (χ0n) is 15.6. The average Bonchev–Trinajstić information content (AvgIpc) is 3.21. The molecule has 0 spiro atoms. The lowest BCUT2D eigenvalue weighted by molar-refractivity contribution is 0.0920. The molecule has 1 amide bonds. The molecule has 28 heavy (non-hydrogen) atoms. The Morgan fingerprint density at radius 1 is 1.11 bits per heavy atom. The minimum atomic E-state index is -0.0173. The van der Waals surface area contributed by atoms with Crippen molar-refractivity contribution in [3.05, 3.63) is 60.4 Å². The maximum Gasteiger partial charge on any atom is 0.252 e. The maximum atomic E-state index is 13.2. The number of nitrogens with one attached hydrogen (secondary N) is 3. The summed E-state index contributed by atoms with van der Waals surface area (Å²) in [6, 6.07) is 14.3. The highest BCUT2D eigenvalue weighted by Crippen LogP contribution is 2.28. The number of amides is 1. The molecule has 6 nitrogen and oxygen atoms in total. The smallest absolute Gasteiger partial charge is 0.252 e. The number of aromatic nitrogens is 2. The van der Waals surface area contributed by atoms with Crippen LogP contribution in [0.15, 0.2) is 54.9 Å². The van der Waals surface area contributed by atoms with Gasteiger partial charge >= 0.3 is 0 Å². The molecule has 6 heteroatoms. The van der Waals surface area contributed by atoms with E-state index in [9.17, 15) is 4.79 Å². The van der Waals surface area contributed by atoms with E-state index in [1.54, 1.807) is 12.4 Å². The Morgan fingerprint density at radius 3 is 2.86 bits per heavy atom. The van der Waals surface area contributed by atoms with Crippen LogP contribution in [0.25, 0.3) is 22.2 Å². The first-order valence-electron chi connectivity index (χ1n) is 9.87. The molecule has 0 bridgehead atoms. The Kier molecular flexibility index (Phi) is 4.50. The predicted molar refractivity (Wildman–Crippen MR) is 108 cm³/mol. The van der Waals surface area contributed by atoms with E-state index < -0.39 is 0 Å². The Labute approximate surface area is 163 Å². The molecule has 2 aliphatic rings. The third-order valence-corrected chi connectivity index (χ3v) is 5.91. The number of carbonyl (C=O) groups is 1. The second kappa shape index (κ2) is 7.30. The fraction of sp³-hybridized carbons (Fsp3) is 0.318. The van der Waals surface area contributed by atoms with Gasteiger partial charge in [-0.2, -0.15) is 0 Å². The molecule has 3 atom stereocenters. The molecule has 5 rings (SSSR count). The first kappa shape index (κ1) is 17.3. The van der Waals surface area contributed by atoms with Crippen LogP contribution in [0, 0.1) is 5.92 Å². The standard InChI is InChI=1S/C22H23N5O/c28-22(25-16-5-6-19-15(11-16)13-24-27-19)18-12-21(14-7-9-23-10-8-14)26-20-4-2-1-3-17(18)20/h1-4,7-10,12,15-16,19,24,27H,5-6,11,13H2,(H,25,28). The number of rotatable bonds is 3. The van der Waals surface area contributed by atoms with Crippen molar-refractivity contribution in [3.63, 3.8) is 0 Å². The van der Waals surface area contributed by atoms with Crippen LogP contribution in [-0.2, 0) is 0 Å². The summed E-state index contributed by atoms with van der Waals surface area (Å²) in [7, 11) is 0. The van der Waals surface area contributed by atoms with Crippen molar-refractivity contribution in [2.24, 2.45) is 5.92 Å². The van der Waals surface area contributed by atoms with Crippen molar-refractivity contribution in [1.29, 1.82) is 0 Å². The number of hydrogen-bond donors (Lipinski definition) is 3. The van der Waals surface area contributed by atoms with Gasteiger partial charge in [0, 0.05) is 42.0 Å². The van der Waals surface area contributed by atoms with Crippen molar-refractivity contribution >= 4 is 16.8 Å². The molecular weight excluding hydrogens is 350 g/mol. The zero-order chi connectivity index (χ0) is 18.9.